The number of aromatic nitrogens is 1. The fraction of sp³-hybridized carbons (Fsp3) is 0. The Labute approximate surface area is 149 Å². The first kappa shape index (κ1) is 16.3. The molecule has 0 saturated carbocycles. The molecule has 0 bridgehead atoms. The van der Waals surface area contributed by atoms with E-state index < -0.39 is 0 Å². The van der Waals surface area contributed by atoms with Gasteiger partial charge in [0.1, 0.15) is 5.82 Å². The summed E-state index contributed by atoms with van der Waals surface area (Å²) >= 11 is 11.9. The van der Waals surface area contributed by atoms with Crippen LogP contribution in [0.1, 0.15) is 10.4 Å². The average molecular weight is 358 g/mol. The molecule has 3 rings (SSSR count). The third-order valence-electron chi connectivity index (χ3n) is 3.25. The van der Waals surface area contributed by atoms with E-state index in [1.165, 1.54) is 0 Å². The lowest BCUT2D eigenvalue weighted by molar-refractivity contribution is 0.102. The van der Waals surface area contributed by atoms with Crippen LogP contribution < -0.4 is 10.6 Å². The van der Waals surface area contributed by atoms with Crippen LogP contribution in [0, 0.1) is 0 Å². The van der Waals surface area contributed by atoms with Crippen molar-refractivity contribution in [2.75, 3.05) is 10.6 Å². The Balaban J connectivity index is 1.76. The zero-order chi connectivity index (χ0) is 16.9. The Bertz CT molecular complexity index is 869. The number of hydrogen-bond acceptors (Lipinski definition) is 3. The highest BCUT2D eigenvalue weighted by atomic mass is 35.5. The second kappa shape index (κ2) is 7.34. The van der Waals surface area contributed by atoms with Gasteiger partial charge in [-0.25, -0.2) is 4.98 Å². The quantitative estimate of drug-likeness (QED) is 0.658. The smallest absolute Gasteiger partial charge is 0.255 e. The summed E-state index contributed by atoms with van der Waals surface area (Å²) in [5, 5.41) is 6.85. The molecule has 0 radical (unpaired) electrons. The minimum absolute atomic E-state index is 0.208. The number of para-hydroxylation sites is 1. The molecule has 0 atom stereocenters. The van der Waals surface area contributed by atoms with Gasteiger partial charge in [0, 0.05) is 23.1 Å². The zero-order valence-corrected chi connectivity index (χ0v) is 14.0. The highest BCUT2D eigenvalue weighted by Crippen LogP contribution is 2.26. The number of anilines is 3. The van der Waals surface area contributed by atoms with Crippen LogP contribution in [0.4, 0.5) is 17.2 Å². The lowest BCUT2D eigenvalue weighted by Gasteiger charge is -2.09. The number of nitrogens with zero attached hydrogens (tertiary/aromatic N) is 1. The molecule has 0 unspecified atom stereocenters. The lowest BCUT2D eigenvalue weighted by atomic mass is 10.2. The molecule has 1 amide bonds. The topological polar surface area (TPSA) is 54.0 Å². The van der Waals surface area contributed by atoms with Gasteiger partial charge in [0.25, 0.3) is 5.91 Å². The standard InChI is InChI=1S/C18H13Cl2N3O/c19-15-7-6-14(11-16(15)20)22-17-10-12(8-9-21-17)18(24)23-13-4-2-1-3-5-13/h1-11H,(H,21,22)(H,23,24). The van der Waals surface area contributed by atoms with Gasteiger partial charge in [0.15, 0.2) is 0 Å². The monoisotopic (exact) mass is 357 g/mol. The van der Waals surface area contributed by atoms with Gasteiger partial charge < -0.3 is 10.6 Å². The van der Waals surface area contributed by atoms with Crippen molar-refractivity contribution in [1.29, 1.82) is 0 Å². The molecule has 0 aliphatic rings. The maximum Gasteiger partial charge on any atom is 0.255 e. The number of nitrogens with one attached hydrogen (secondary N) is 2. The van der Waals surface area contributed by atoms with E-state index in [9.17, 15) is 4.79 Å². The Morgan fingerprint density at radius 3 is 2.42 bits per heavy atom. The van der Waals surface area contributed by atoms with E-state index in [0.29, 0.717) is 21.4 Å². The van der Waals surface area contributed by atoms with Crippen molar-refractivity contribution in [2.45, 2.75) is 0 Å². The minimum atomic E-state index is -0.208. The van der Waals surface area contributed by atoms with E-state index in [1.54, 1.807) is 36.5 Å². The number of hydrogen-bond donors (Lipinski definition) is 2. The Kier molecular flexibility index (Phi) is 4.99. The van der Waals surface area contributed by atoms with Crippen LogP contribution in [0.3, 0.4) is 0 Å². The summed E-state index contributed by atoms with van der Waals surface area (Å²) in [6.45, 7) is 0. The molecular formula is C18H13Cl2N3O. The highest BCUT2D eigenvalue weighted by Gasteiger charge is 2.08. The second-order valence-electron chi connectivity index (χ2n) is 5.00. The summed E-state index contributed by atoms with van der Waals surface area (Å²) in [6.07, 6.45) is 1.57. The number of carbonyl (C=O) groups excluding carboxylic acids is 1. The zero-order valence-electron chi connectivity index (χ0n) is 12.5. The predicted octanol–water partition coefficient (Wildman–Crippen LogP) is 5.38. The normalized spacial score (nSPS) is 10.2. The lowest BCUT2D eigenvalue weighted by Crippen LogP contribution is -2.12. The number of rotatable bonds is 4. The summed E-state index contributed by atoms with van der Waals surface area (Å²) < 4.78 is 0. The van der Waals surface area contributed by atoms with Gasteiger partial charge in [0.05, 0.1) is 10.0 Å². The Morgan fingerprint density at radius 2 is 1.67 bits per heavy atom. The number of amides is 1. The van der Waals surface area contributed by atoms with Gasteiger partial charge in [0.2, 0.25) is 0 Å². The Hall–Kier alpha value is -2.56. The first-order valence-electron chi connectivity index (χ1n) is 7.16. The SMILES string of the molecule is O=C(Nc1ccccc1)c1ccnc(Nc2ccc(Cl)c(Cl)c2)c1. The molecule has 3 aromatic rings. The summed E-state index contributed by atoms with van der Waals surface area (Å²) in [6, 6.07) is 17.8. The van der Waals surface area contributed by atoms with E-state index in [2.05, 4.69) is 15.6 Å². The van der Waals surface area contributed by atoms with Crippen LogP contribution >= 0.6 is 23.2 Å². The van der Waals surface area contributed by atoms with E-state index in [1.807, 2.05) is 30.3 Å². The average Bonchev–Trinajstić information content (AvgIpc) is 2.59. The summed E-state index contributed by atoms with van der Waals surface area (Å²) in [5.41, 5.74) is 1.97. The minimum Gasteiger partial charge on any atom is -0.340 e. The molecule has 2 N–H and O–H groups in total. The summed E-state index contributed by atoms with van der Waals surface area (Å²) in [7, 11) is 0. The van der Waals surface area contributed by atoms with Crippen molar-refractivity contribution in [2.24, 2.45) is 0 Å². The molecule has 6 heteroatoms. The molecule has 0 fully saturated rings. The fourth-order valence-electron chi connectivity index (χ4n) is 2.09. The van der Waals surface area contributed by atoms with E-state index >= 15 is 0 Å². The van der Waals surface area contributed by atoms with E-state index in [0.717, 1.165) is 11.4 Å². The number of carbonyl (C=O) groups is 1. The van der Waals surface area contributed by atoms with Gasteiger partial charge in [-0.3, -0.25) is 4.79 Å². The van der Waals surface area contributed by atoms with Crippen LogP contribution in [-0.2, 0) is 0 Å². The number of pyridine rings is 1. The van der Waals surface area contributed by atoms with Gasteiger partial charge in [-0.2, -0.15) is 0 Å². The molecule has 1 heterocycles. The number of benzene rings is 2. The molecule has 0 aliphatic carbocycles. The van der Waals surface area contributed by atoms with Crippen LogP contribution in [-0.4, -0.2) is 10.9 Å². The van der Waals surface area contributed by atoms with E-state index in [-0.39, 0.29) is 5.91 Å². The predicted molar refractivity (Wildman–Crippen MR) is 98.4 cm³/mol. The van der Waals surface area contributed by atoms with Crippen molar-refractivity contribution < 1.29 is 4.79 Å². The first-order valence-corrected chi connectivity index (χ1v) is 7.92. The molecule has 0 aliphatic heterocycles. The molecule has 0 spiro atoms. The van der Waals surface area contributed by atoms with Gasteiger partial charge >= 0.3 is 0 Å². The molecule has 2 aromatic carbocycles. The molecule has 24 heavy (non-hydrogen) atoms. The van der Waals surface area contributed by atoms with Gasteiger partial charge in [-0.15, -0.1) is 0 Å². The number of halogens is 2. The molecule has 1 aromatic heterocycles. The van der Waals surface area contributed by atoms with Gasteiger partial charge in [-0.05, 0) is 42.5 Å². The van der Waals surface area contributed by atoms with Crippen LogP contribution in [0.5, 0.6) is 0 Å². The molecule has 120 valence electrons. The van der Waals surface area contributed by atoms with Crippen LogP contribution in [0.2, 0.25) is 10.0 Å². The summed E-state index contributed by atoms with van der Waals surface area (Å²) in [4.78, 5) is 16.5. The third-order valence-corrected chi connectivity index (χ3v) is 3.98. The van der Waals surface area contributed by atoms with Crippen molar-refractivity contribution in [1.82, 2.24) is 4.98 Å². The molecular weight excluding hydrogens is 345 g/mol. The fourth-order valence-corrected chi connectivity index (χ4v) is 2.38. The van der Waals surface area contributed by atoms with Crippen molar-refractivity contribution >= 4 is 46.3 Å². The van der Waals surface area contributed by atoms with Crippen LogP contribution in [0.15, 0.2) is 66.9 Å². The summed E-state index contributed by atoms with van der Waals surface area (Å²) in [5.74, 6) is 0.329. The van der Waals surface area contributed by atoms with Crippen LogP contribution in [0.25, 0.3) is 0 Å². The second-order valence-corrected chi connectivity index (χ2v) is 5.82. The highest BCUT2D eigenvalue weighted by molar-refractivity contribution is 6.42. The molecule has 0 saturated heterocycles. The van der Waals surface area contributed by atoms with Crippen molar-refractivity contribution in [3.8, 4) is 0 Å². The van der Waals surface area contributed by atoms with Gasteiger partial charge in [-0.1, -0.05) is 41.4 Å². The largest absolute Gasteiger partial charge is 0.340 e. The van der Waals surface area contributed by atoms with Crippen molar-refractivity contribution in [3.05, 3.63) is 82.5 Å². The first-order chi connectivity index (χ1) is 11.6. The maximum absolute atomic E-state index is 12.3. The van der Waals surface area contributed by atoms with Crippen molar-refractivity contribution in [3.63, 3.8) is 0 Å². The van der Waals surface area contributed by atoms with E-state index in [4.69, 9.17) is 23.2 Å². The maximum atomic E-state index is 12.3. The molecule has 4 nitrogen and oxygen atoms in total. The Morgan fingerprint density at radius 1 is 0.875 bits per heavy atom. The third kappa shape index (κ3) is 4.04.